The van der Waals surface area contributed by atoms with Crippen LogP contribution in [-0.2, 0) is 11.2 Å². The standard InChI is InChI=1S/C17H11Cl2N5OS2/c18-9-1-3-12-13(5-9)27-17(22-12)24-15(25)6-11-8-26-16(21-11)23-14-4-2-10(19)7-20-14/h1-5,7-8H,6H2,(H,20,21,23)(H,22,24,25). The molecule has 0 unspecified atom stereocenters. The molecule has 0 bridgehead atoms. The lowest BCUT2D eigenvalue weighted by molar-refractivity contribution is -0.115. The number of halogens is 2. The maximum absolute atomic E-state index is 12.3. The molecule has 10 heteroatoms. The number of aromatic nitrogens is 3. The Kier molecular flexibility index (Phi) is 5.22. The Bertz CT molecular complexity index is 1110. The number of nitrogens with one attached hydrogen (secondary N) is 2. The van der Waals surface area contributed by atoms with Crippen LogP contribution in [0.2, 0.25) is 10.0 Å². The second kappa shape index (κ2) is 7.77. The number of fused-ring (bicyclic) bond motifs is 1. The van der Waals surface area contributed by atoms with E-state index in [2.05, 4.69) is 25.6 Å². The molecule has 2 N–H and O–H groups in total. The zero-order valence-corrected chi connectivity index (χ0v) is 16.7. The third kappa shape index (κ3) is 4.54. The predicted molar refractivity (Wildman–Crippen MR) is 112 cm³/mol. The summed E-state index contributed by atoms with van der Waals surface area (Å²) in [5, 5.41) is 10.1. The number of anilines is 3. The molecular weight excluding hydrogens is 425 g/mol. The van der Waals surface area contributed by atoms with Crippen LogP contribution < -0.4 is 10.6 Å². The first kappa shape index (κ1) is 18.1. The third-order valence-corrected chi connectivity index (χ3v) is 5.65. The van der Waals surface area contributed by atoms with E-state index in [1.807, 2.05) is 17.5 Å². The van der Waals surface area contributed by atoms with Crippen LogP contribution in [0.15, 0.2) is 41.9 Å². The summed E-state index contributed by atoms with van der Waals surface area (Å²) in [6.45, 7) is 0. The Labute approximate surface area is 172 Å². The van der Waals surface area contributed by atoms with Gasteiger partial charge in [-0.05, 0) is 30.3 Å². The molecule has 0 aliphatic heterocycles. The van der Waals surface area contributed by atoms with E-state index >= 15 is 0 Å². The van der Waals surface area contributed by atoms with Crippen molar-refractivity contribution in [3.05, 3.63) is 57.6 Å². The lowest BCUT2D eigenvalue weighted by Crippen LogP contribution is -2.14. The van der Waals surface area contributed by atoms with Crippen LogP contribution >= 0.6 is 45.9 Å². The molecule has 0 aliphatic rings. The first-order valence-electron chi connectivity index (χ1n) is 7.74. The molecule has 0 atom stereocenters. The molecular formula is C17H11Cl2N5OS2. The van der Waals surface area contributed by atoms with Gasteiger partial charge in [0.25, 0.3) is 0 Å². The van der Waals surface area contributed by atoms with Gasteiger partial charge >= 0.3 is 0 Å². The highest BCUT2D eigenvalue weighted by molar-refractivity contribution is 7.22. The van der Waals surface area contributed by atoms with Crippen LogP contribution in [0.25, 0.3) is 10.2 Å². The van der Waals surface area contributed by atoms with Crippen molar-refractivity contribution in [3.8, 4) is 0 Å². The quantitative estimate of drug-likeness (QED) is 0.439. The lowest BCUT2D eigenvalue weighted by Gasteiger charge is -2.01. The summed E-state index contributed by atoms with van der Waals surface area (Å²) in [5.41, 5.74) is 1.47. The first-order chi connectivity index (χ1) is 13.0. The van der Waals surface area contributed by atoms with Crippen LogP contribution in [0.3, 0.4) is 0 Å². The highest BCUT2D eigenvalue weighted by atomic mass is 35.5. The molecule has 0 aliphatic carbocycles. The van der Waals surface area contributed by atoms with Crippen molar-refractivity contribution in [2.75, 3.05) is 10.6 Å². The van der Waals surface area contributed by atoms with Crippen LogP contribution in [0.5, 0.6) is 0 Å². The lowest BCUT2D eigenvalue weighted by atomic mass is 10.3. The summed E-state index contributed by atoms with van der Waals surface area (Å²) in [4.78, 5) is 25.2. The maximum Gasteiger partial charge on any atom is 0.232 e. The van der Waals surface area contributed by atoms with Gasteiger partial charge in [0.15, 0.2) is 10.3 Å². The molecule has 1 amide bonds. The number of hydrogen-bond donors (Lipinski definition) is 2. The summed E-state index contributed by atoms with van der Waals surface area (Å²) in [5.74, 6) is 0.458. The molecule has 3 heterocycles. The number of hydrogen-bond acceptors (Lipinski definition) is 7. The van der Waals surface area contributed by atoms with Gasteiger partial charge in [0.1, 0.15) is 5.82 Å². The van der Waals surface area contributed by atoms with Gasteiger partial charge in [0.05, 0.1) is 27.4 Å². The van der Waals surface area contributed by atoms with E-state index in [0.29, 0.717) is 31.8 Å². The minimum Gasteiger partial charge on any atom is -0.316 e. The summed E-state index contributed by atoms with van der Waals surface area (Å²) in [7, 11) is 0. The molecule has 0 saturated carbocycles. The molecule has 1 aromatic carbocycles. The molecule has 0 fully saturated rings. The first-order valence-corrected chi connectivity index (χ1v) is 10.2. The fourth-order valence-corrected chi connectivity index (χ4v) is 4.27. The van der Waals surface area contributed by atoms with Gasteiger partial charge in [-0.1, -0.05) is 34.5 Å². The smallest absolute Gasteiger partial charge is 0.232 e. The molecule has 4 rings (SSSR count). The van der Waals surface area contributed by atoms with Crippen LogP contribution in [0, 0.1) is 0 Å². The highest BCUT2D eigenvalue weighted by Gasteiger charge is 2.11. The van der Waals surface area contributed by atoms with Crippen molar-refractivity contribution in [2.45, 2.75) is 6.42 Å². The Morgan fingerprint density at radius 1 is 1.07 bits per heavy atom. The topological polar surface area (TPSA) is 79.8 Å². The van der Waals surface area contributed by atoms with Crippen molar-refractivity contribution in [1.29, 1.82) is 0 Å². The predicted octanol–water partition coefficient (Wildman–Crippen LogP) is 5.38. The van der Waals surface area contributed by atoms with E-state index in [0.717, 1.165) is 10.2 Å². The number of carbonyl (C=O) groups is 1. The number of pyridine rings is 1. The molecule has 0 spiro atoms. The van der Waals surface area contributed by atoms with Gasteiger partial charge in [-0.15, -0.1) is 11.3 Å². The molecule has 6 nitrogen and oxygen atoms in total. The maximum atomic E-state index is 12.3. The second-order valence-corrected chi connectivity index (χ2v) is 8.25. The summed E-state index contributed by atoms with van der Waals surface area (Å²) < 4.78 is 0.924. The summed E-state index contributed by atoms with van der Waals surface area (Å²) in [6.07, 6.45) is 1.71. The van der Waals surface area contributed by atoms with Gasteiger partial charge in [-0.25, -0.2) is 15.0 Å². The highest BCUT2D eigenvalue weighted by Crippen LogP contribution is 2.28. The van der Waals surface area contributed by atoms with E-state index in [-0.39, 0.29) is 12.3 Å². The number of thiazole rings is 2. The monoisotopic (exact) mass is 435 g/mol. The molecule has 136 valence electrons. The third-order valence-electron chi connectivity index (χ3n) is 3.45. The molecule has 0 saturated heterocycles. The van der Waals surface area contributed by atoms with Crippen molar-refractivity contribution in [3.63, 3.8) is 0 Å². The second-order valence-electron chi connectivity index (χ2n) is 5.49. The van der Waals surface area contributed by atoms with Crippen LogP contribution in [0.1, 0.15) is 5.69 Å². The average molecular weight is 436 g/mol. The minimum absolute atomic E-state index is 0.156. The Morgan fingerprint density at radius 3 is 2.74 bits per heavy atom. The molecule has 27 heavy (non-hydrogen) atoms. The van der Waals surface area contributed by atoms with E-state index in [4.69, 9.17) is 23.2 Å². The summed E-state index contributed by atoms with van der Waals surface area (Å²) >= 11 is 14.6. The zero-order valence-electron chi connectivity index (χ0n) is 13.6. The average Bonchev–Trinajstić information content (AvgIpc) is 3.22. The Balaban J connectivity index is 1.39. The number of carbonyl (C=O) groups excluding carboxylic acids is 1. The number of rotatable bonds is 5. The number of benzene rings is 1. The number of nitrogens with zero attached hydrogens (tertiary/aromatic N) is 3. The normalized spacial score (nSPS) is 10.9. The summed E-state index contributed by atoms with van der Waals surface area (Å²) in [6, 6.07) is 8.93. The van der Waals surface area contributed by atoms with Gasteiger partial charge in [0, 0.05) is 16.6 Å². The molecule has 4 aromatic rings. The van der Waals surface area contributed by atoms with Crippen molar-refractivity contribution in [2.24, 2.45) is 0 Å². The van der Waals surface area contributed by atoms with Crippen molar-refractivity contribution >= 4 is 78.1 Å². The zero-order chi connectivity index (χ0) is 18.8. The van der Waals surface area contributed by atoms with E-state index in [9.17, 15) is 4.79 Å². The van der Waals surface area contributed by atoms with E-state index in [1.165, 1.54) is 22.7 Å². The van der Waals surface area contributed by atoms with Crippen molar-refractivity contribution < 1.29 is 4.79 Å². The van der Waals surface area contributed by atoms with E-state index < -0.39 is 0 Å². The molecule has 3 aromatic heterocycles. The van der Waals surface area contributed by atoms with Gasteiger partial charge in [0.2, 0.25) is 5.91 Å². The Morgan fingerprint density at radius 2 is 1.93 bits per heavy atom. The van der Waals surface area contributed by atoms with E-state index in [1.54, 1.807) is 24.4 Å². The van der Waals surface area contributed by atoms with Crippen molar-refractivity contribution in [1.82, 2.24) is 15.0 Å². The largest absolute Gasteiger partial charge is 0.316 e. The minimum atomic E-state index is -0.179. The fourth-order valence-electron chi connectivity index (χ4n) is 2.28. The Hall–Kier alpha value is -2.26. The van der Waals surface area contributed by atoms with Gasteiger partial charge < -0.3 is 10.6 Å². The van der Waals surface area contributed by atoms with Gasteiger partial charge in [-0.2, -0.15) is 0 Å². The number of amides is 1. The fraction of sp³-hybridized carbons (Fsp3) is 0.0588. The molecule has 0 radical (unpaired) electrons. The van der Waals surface area contributed by atoms with Gasteiger partial charge in [-0.3, -0.25) is 4.79 Å². The SMILES string of the molecule is O=C(Cc1csc(Nc2ccc(Cl)cn2)n1)Nc1nc2ccc(Cl)cc2s1. The van der Waals surface area contributed by atoms with Crippen LogP contribution in [-0.4, -0.2) is 20.9 Å². The van der Waals surface area contributed by atoms with Crippen LogP contribution in [0.4, 0.5) is 16.1 Å².